The summed E-state index contributed by atoms with van der Waals surface area (Å²) < 4.78 is 5.86. The van der Waals surface area contributed by atoms with Gasteiger partial charge in [0.05, 0.1) is 12.5 Å². The zero-order chi connectivity index (χ0) is 20.6. The summed E-state index contributed by atoms with van der Waals surface area (Å²) in [6.07, 6.45) is 0.996. The van der Waals surface area contributed by atoms with Crippen molar-refractivity contribution >= 4 is 11.9 Å². The second-order valence-electron chi connectivity index (χ2n) is 7.40. The van der Waals surface area contributed by atoms with Crippen LogP contribution < -0.4 is 26.4 Å². The molecule has 154 valence electrons. The Morgan fingerprint density at radius 1 is 1.17 bits per heavy atom. The van der Waals surface area contributed by atoms with E-state index < -0.39 is 12.1 Å². The molecule has 5 N–H and O–H groups in total. The molecule has 3 unspecified atom stereocenters. The first kappa shape index (κ1) is 20.7. The van der Waals surface area contributed by atoms with Crippen molar-refractivity contribution in [2.24, 2.45) is 11.7 Å². The number of piperidine rings is 1. The molecule has 7 nitrogen and oxygen atoms in total. The van der Waals surface area contributed by atoms with Crippen molar-refractivity contribution in [3.63, 3.8) is 0 Å². The van der Waals surface area contributed by atoms with Gasteiger partial charge in [0, 0.05) is 6.04 Å². The van der Waals surface area contributed by atoms with Crippen LogP contribution in [0.1, 0.15) is 31.4 Å². The molecule has 0 aliphatic carbocycles. The molecular weight excluding hydrogens is 368 g/mol. The van der Waals surface area contributed by atoms with Crippen molar-refractivity contribution in [2.75, 3.05) is 13.1 Å². The van der Waals surface area contributed by atoms with Crippen molar-refractivity contribution < 1.29 is 14.3 Å². The largest absolute Gasteiger partial charge is 0.457 e. The van der Waals surface area contributed by atoms with Crippen molar-refractivity contribution in [3.8, 4) is 11.5 Å². The minimum atomic E-state index is -0.674. The summed E-state index contributed by atoms with van der Waals surface area (Å²) in [5, 5.41) is 9.09. The number of hydrogen-bond donors (Lipinski definition) is 4. The number of carbonyl (C=O) groups excluding carboxylic acids is 2. The number of primary amides is 1. The van der Waals surface area contributed by atoms with Crippen LogP contribution >= 0.6 is 0 Å². The van der Waals surface area contributed by atoms with Crippen LogP contribution in [0.5, 0.6) is 11.5 Å². The molecule has 2 aromatic carbocycles. The molecule has 0 bridgehead atoms. The molecule has 1 heterocycles. The van der Waals surface area contributed by atoms with Crippen LogP contribution in [-0.4, -0.2) is 31.1 Å². The molecule has 1 aliphatic rings. The van der Waals surface area contributed by atoms with E-state index >= 15 is 0 Å². The van der Waals surface area contributed by atoms with E-state index in [-0.39, 0.29) is 18.4 Å². The molecule has 0 aromatic heterocycles. The predicted octanol–water partition coefficient (Wildman–Crippen LogP) is 2.69. The van der Waals surface area contributed by atoms with Gasteiger partial charge in [-0.3, -0.25) is 4.79 Å². The third-order valence-electron chi connectivity index (χ3n) is 5.08. The van der Waals surface area contributed by atoms with Crippen LogP contribution in [0.2, 0.25) is 0 Å². The molecule has 0 radical (unpaired) electrons. The number of urea groups is 1. The Balaban J connectivity index is 1.70. The van der Waals surface area contributed by atoms with Crippen molar-refractivity contribution in [1.29, 1.82) is 0 Å². The highest BCUT2D eigenvalue weighted by atomic mass is 16.5. The molecule has 7 heteroatoms. The topological polar surface area (TPSA) is 105 Å². The van der Waals surface area contributed by atoms with Crippen molar-refractivity contribution in [1.82, 2.24) is 16.0 Å². The van der Waals surface area contributed by atoms with E-state index in [1.54, 1.807) is 0 Å². The van der Waals surface area contributed by atoms with Crippen LogP contribution in [0.15, 0.2) is 54.6 Å². The first-order valence-electron chi connectivity index (χ1n) is 9.90. The van der Waals surface area contributed by atoms with Gasteiger partial charge in [-0.25, -0.2) is 4.79 Å². The minimum absolute atomic E-state index is 0.106. The first-order valence-corrected chi connectivity index (χ1v) is 9.90. The Kier molecular flexibility index (Phi) is 7.08. The summed E-state index contributed by atoms with van der Waals surface area (Å²) in [6.45, 7) is 3.88. The van der Waals surface area contributed by atoms with Crippen LogP contribution in [0.25, 0.3) is 0 Å². The molecule has 3 rings (SSSR count). The number of amides is 3. The zero-order valence-electron chi connectivity index (χ0n) is 16.6. The summed E-state index contributed by atoms with van der Waals surface area (Å²) in [7, 11) is 0. The Hall–Kier alpha value is -3.06. The van der Waals surface area contributed by atoms with Crippen molar-refractivity contribution in [2.45, 2.75) is 31.8 Å². The number of ether oxygens (including phenoxy) is 1. The highest BCUT2D eigenvalue weighted by Gasteiger charge is 2.25. The number of nitrogens with two attached hydrogens (primary N) is 1. The van der Waals surface area contributed by atoms with Crippen LogP contribution in [-0.2, 0) is 4.79 Å². The van der Waals surface area contributed by atoms with Gasteiger partial charge in [-0.2, -0.15) is 0 Å². The number of carbonyl (C=O) groups is 2. The average Bonchev–Trinajstić information content (AvgIpc) is 2.70. The van der Waals surface area contributed by atoms with Gasteiger partial charge >= 0.3 is 6.03 Å². The molecular formula is C22H28N4O3. The molecule has 1 fully saturated rings. The fourth-order valence-electron chi connectivity index (χ4n) is 3.52. The van der Waals surface area contributed by atoms with Gasteiger partial charge in [0.15, 0.2) is 0 Å². The Morgan fingerprint density at radius 2 is 1.93 bits per heavy atom. The second kappa shape index (κ2) is 9.93. The number of hydrogen-bond acceptors (Lipinski definition) is 4. The minimum Gasteiger partial charge on any atom is -0.457 e. The average molecular weight is 396 g/mol. The Morgan fingerprint density at radius 3 is 2.66 bits per heavy atom. The molecule has 0 saturated carbocycles. The van der Waals surface area contributed by atoms with E-state index in [0.717, 1.165) is 25.1 Å². The maximum absolute atomic E-state index is 12.6. The number of rotatable bonds is 7. The van der Waals surface area contributed by atoms with Gasteiger partial charge in [0.2, 0.25) is 5.91 Å². The lowest BCUT2D eigenvalue weighted by Gasteiger charge is -2.30. The summed E-state index contributed by atoms with van der Waals surface area (Å²) >= 11 is 0. The van der Waals surface area contributed by atoms with Crippen LogP contribution in [0, 0.1) is 5.92 Å². The second-order valence-corrected chi connectivity index (χ2v) is 7.40. The lowest BCUT2D eigenvalue weighted by molar-refractivity contribution is -0.122. The fourth-order valence-corrected chi connectivity index (χ4v) is 3.52. The standard InChI is InChI=1S/C22H28N4O3/c1-15-14-24-11-10-19(15)25-21(27)13-20(26-22(23)28)16-6-5-9-18(12-16)29-17-7-3-2-4-8-17/h2-9,12,15,19-20,24H,10-11,13-14H2,1H3,(H,25,27)(H3,23,26,28). The third-order valence-corrected chi connectivity index (χ3v) is 5.08. The molecule has 1 aliphatic heterocycles. The lowest BCUT2D eigenvalue weighted by atomic mass is 9.94. The number of para-hydroxylation sites is 1. The van der Waals surface area contributed by atoms with Gasteiger partial charge in [0.25, 0.3) is 0 Å². The molecule has 2 aromatic rings. The Labute approximate surface area is 171 Å². The molecule has 0 spiro atoms. The summed E-state index contributed by atoms with van der Waals surface area (Å²) in [6, 6.07) is 15.7. The molecule has 29 heavy (non-hydrogen) atoms. The number of nitrogens with one attached hydrogen (secondary N) is 3. The van der Waals surface area contributed by atoms with Crippen LogP contribution in [0.3, 0.4) is 0 Å². The zero-order valence-corrected chi connectivity index (χ0v) is 16.6. The summed E-state index contributed by atoms with van der Waals surface area (Å²) in [5.74, 6) is 1.58. The summed E-state index contributed by atoms with van der Waals surface area (Å²) in [5.41, 5.74) is 6.11. The molecule has 3 amide bonds. The van der Waals surface area contributed by atoms with E-state index in [4.69, 9.17) is 10.5 Å². The molecule has 1 saturated heterocycles. The van der Waals surface area contributed by atoms with E-state index in [2.05, 4.69) is 22.9 Å². The fraction of sp³-hybridized carbons (Fsp3) is 0.364. The Bertz CT molecular complexity index is 828. The maximum Gasteiger partial charge on any atom is 0.312 e. The molecule has 3 atom stereocenters. The highest BCUT2D eigenvalue weighted by molar-refractivity contribution is 5.79. The summed E-state index contributed by atoms with van der Waals surface area (Å²) in [4.78, 5) is 24.2. The normalized spacial score (nSPS) is 19.8. The lowest BCUT2D eigenvalue weighted by Crippen LogP contribution is -2.49. The number of benzene rings is 2. The quantitative estimate of drug-likeness (QED) is 0.577. The van der Waals surface area contributed by atoms with Gasteiger partial charge in [-0.1, -0.05) is 37.3 Å². The van der Waals surface area contributed by atoms with Gasteiger partial charge in [-0.05, 0) is 55.3 Å². The van der Waals surface area contributed by atoms with Gasteiger partial charge in [0.1, 0.15) is 11.5 Å². The van der Waals surface area contributed by atoms with E-state index in [1.807, 2.05) is 54.6 Å². The van der Waals surface area contributed by atoms with E-state index in [0.29, 0.717) is 17.4 Å². The smallest absolute Gasteiger partial charge is 0.312 e. The first-order chi connectivity index (χ1) is 14.0. The van der Waals surface area contributed by atoms with Crippen molar-refractivity contribution in [3.05, 3.63) is 60.2 Å². The van der Waals surface area contributed by atoms with Crippen LogP contribution in [0.4, 0.5) is 4.79 Å². The maximum atomic E-state index is 12.6. The van der Waals surface area contributed by atoms with Gasteiger partial charge in [-0.15, -0.1) is 0 Å². The monoisotopic (exact) mass is 396 g/mol. The van der Waals surface area contributed by atoms with E-state index in [1.165, 1.54) is 0 Å². The highest BCUT2D eigenvalue weighted by Crippen LogP contribution is 2.26. The third kappa shape index (κ3) is 6.22. The SMILES string of the molecule is CC1CNCCC1NC(=O)CC(NC(N)=O)c1cccc(Oc2ccccc2)c1. The van der Waals surface area contributed by atoms with E-state index in [9.17, 15) is 9.59 Å². The van der Waals surface area contributed by atoms with Gasteiger partial charge < -0.3 is 26.4 Å². The predicted molar refractivity (Wildman–Crippen MR) is 112 cm³/mol.